The Kier molecular flexibility index (Phi) is 3.74. The van der Waals surface area contributed by atoms with Crippen LogP contribution in [-0.4, -0.2) is 21.1 Å². The van der Waals surface area contributed by atoms with E-state index in [1.807, 2.05) is 6.92 Å². The lowest BCUT2D eigenvalue weighted by atomic mass is 9.96. The van der Waals surface area contributed by atoms with Crippen LogP contribution in [0.25, 0.3) is 0 Å². The summed E-state index contributed by atoms with van der Waals surface area (Å²) >= 11 is 0. The molecule has 15 heavy (non-hydrogen) atoms. The van der Waals surface area contributed by atoms with Gasteiger partial charge in [-0.3, -0.25) is 15.1 Å². The van der Waals surface area contributed by atoms with Gasteiger partial charge in [0, 0.05) is 24.2 Å². The normalized spacial score (nSPS) is 14.6. The smallest absolute Gasteiger partial charge is 0.272 e. The minimum absolute atomic E-state index is 0.0131. The largest absolute Gasteiger partial charge is 0.393 e. The number of aliphatic hydroxyl groups is 1. The molecule has 2 unspecified atom stereocenters. The molecule has 1 aromatic rings. The monoisotopic (exact) mass is 210 g/mol. The van der Waals surface area contributed by atoms with Gasteiger partial charge in [-0.2, -0.15) is 0 Å². The van der Waals surface area contributed by atoms with Crippen LogP contribution in [0.15, 0.2) is 18.3 Å². The van der Waals surface area contributed by atoms with E-state index < -0.39 is 11.0 Å². The second kappa shape index (κ2) is 4.84. The molecule has 1 N–H and O–H groups in total. The second-order valence-electron chi connectivity index (χ2n) is 3.45. The topological polar surface area (TPSA) is 76.3 Å². The average Bonchev–Trinajstić information content (AvgIpc) is 2.18. The molecule has 0 aliphatic heterocycles. The summed E-state index contributed by atoms with van der Waals surface area (Å²) in [6, 6.07) is 2.76. The van der Waals surface area contributed by atoms with E-state index in [0.29, 0.717) is 12.1 Å². The maximum atomic E-state index is 10.5. The van der Waals surface area contributed by atoms with Crippen molar-refractivity contribution in [3.05, 3.63) is 34.1 Å². The summed E-state index contributed by atoms with van der Waals surface area (Å²) in [4.78, 5) is 14.1. The van der Waals surface area contributed by atoms with Gasteiger partial charge >= 0.3 is 0 Å². The number of nitro groups is 1. The number of aromatic nitrogens is 1. The van der Waals surface area contributed by atoms with Crippen molar-refractivity contribution in [2.75, 3.05) is 0 Å². The van der Waals surface area contributed by atoms with E-state index in [1.165, 1.54) is 18.3 Å². The predicted octanol–water partition coefficient (Wildman–Crippen LogP) is 1.86. The van der Waals surface area contributed by atoms with Gasteiger partial charge in [-0.05, 0) is 13.3 Å². The van der Waals surface area contributed by atoms with Gasteiger partial charge in [0.2, 0.25) is 0 Å². The Morgan fingerprint density at radius 1 is 1.67 bits per heavy atom. The molecule has 0 saturated heterocycles. The first-order valence-corrected chi connectivity index (χ1v) is 4.84. The molecule has 0 fully saturated rings. The molecule has 0 aromatic carbocycles. The van der Waals surface area contributed by atoms with E-state index in [2.05, 4.69) is 4.98 Å². The molecule has 82 valence electrons. The van der Waals surface area contributed by atoms with Gasteiger partial charge in [-0.1, -0.05) is 6.92 Å². The van der Waals surface area contributed by atoms with Crippen molar-refractivity contribution < 1.29 is 10.0 Å². The van der Waals surface area contributed by atoms with Gasteiger partial charge < -0.3 is 5.11 Å². The molecule has 0 aliphatic rings. The fourth-order valence-corrected chi connectivity index (χ4v) is 1.55. The van der Waals surface area contributed by atoms with Crippen molar-refractivity contribution in [3.8, 4) is 0 Å². The minimum atomic E-state index is -0.551. The zero-order chi connectivity index (χ0) is 11.4. The van der Waals surface area contributed by atoms with Crippen molar-refractivity contribution >= 4 is 5.69 Å². The summed E-state index contributed by atoms with van der Waals surface area (Å²) < 4.78 is 0. The third-order valence-electron chi connectivity index (χ3n) is 2.38. The van der Waals surface area contributed by atoms with Crippen LogP contribution in [0, 0.1) is 10.1 Å². The first kappa shape index (κ1) is 11.6. The van der Waals surface area contributed by atoms with E-state index >= 15 is 0 Å². The van der Waals surface area contributed by atoms with Crippen molar-refractivity contribution in [1.29, 1.82) is 0 Å². The maximum absolute atomic E-state index is 10.5. The van der Waals surface area contributed by atoms with E-state index in [1.54, 1.807) is 6.92 Å². The molecule has 0 radical (unpaired) electrons. The number of nitrogens with zero attached hydrogens (tertiary/aromatic N) is 2. The van der Waals surface area contributed by atoms with Crippen molar-refractivity contribution in [2.45, 2.75) is 32.3 Å². The Hall–Kier alpha value is -1.49. The third-order valence-corrected chi connectivity index (χ3v) is 2.38. The van der Waals surface area contributed by atoms with Crippen LogP contribution in [-0.2, 0) is 0 Å². The van der Waals surface area contributed by atoms with Gasteiger partial charge in [-0.15, -0.1) is 0 Å². The van der Waals surface area contributed by atoms with Gasteiger partial charge in [0.25, 0.3) is 5.69 Å². The number of hydrogen-bond donors (Lipinski definition) is 1. The highest BCUT2D eigenvalue weighted by Gasteiger charge is 2.18. The number of rotatable bonds is 4. The molecular weight excluding hydrogens is 196 g/mol. The number of pyridine rings is 1. The Morgan fingerprint density at radius 3 is 2.80 bits per heavy atom. The molecule has 5 nitrogen and oxygen atoms in total. The highest BCUT2D eigenvalue weighted by Crippen LogP contribution is 2.24. The Morgan fingerprint density at radius 2 is 2.33 bits per heavy atom. The molecule has 1 rings (SSSR count). The highest BCUT2D eigenvalue weighted by atomic mass is 16.6. The first-order valence-electron chi connectivity index (χ1n) is 4.84. The quantitative estimate of drug-likeness (QED) is 0.608. The molecule has 0 aliphatic carbocycles. The summed E-state index contributed by atoms with van der Waals surface area (Å²) in [5.41, 5.74) is 0.584. The van der Waals surface area contributed by atoms with E-state index in [0.717, 1.165) is 0 Å². The summed E-state index contributed by atoms with van der Waals surface area (Å²) in [5.74, 6) is -0.148. The zero-order valence-electron chi connectivity index (χ0n) is 8.75. The lowest BCUT2D eigenvalue weighted by Gasteiger charge is -2.16. The Bertz CT molecular complexity index is 352. The Labute approximate surface area is 87.9 Å². The average molecular weight is 210 g/mol. The van der Waals surface area contributed by atoms with Gasteiger partial charge in [0.05, 0.1) is 16.7 Å². The number of hydrogen-bond acceptors (Lipinski definition) is 4. The van der Waals surface area contributed by atoms with Crippen molar-refractivity contribution in [2.24, 2.45) is 0 Å². The number of aliphatic hydroxyl groups excluding tert-OH is 1. The van der Waals surface area contributed by atoms with Crippen LogP contribution in [0.2, 0.25) is 0 Å². The molecule has 5 heteroatoms. The van der Waals surface area contributed by atoms with E-state index in [4.69, 9.17) is 0 Å². The van der Waals surface area contributed by atoms with E-state index in [9.17, 15) is 15.2 Å². The fourth-order valence-electron chi connectivity index (χ4n) is 1.55. The van der Waals surface area contributed by atoms with Crippen LogP contribution in [0.4, 0.5) is 5.69 Å². The summed E-state index contributed by atoms with van der Waals surface area (Å²) in [5, 5.41) is 20.0. The van der Waals surface area contributed by atoms with Crippen molar-refractivity contribution in [3.63, 3.8) is 0 Å². The van der Waals surface area contributed by atoms with Gasteiger partial charge in [-0.25, -0.2) is 0 Å². The maximum Gasteiger partial charge on any atom is 0.272 e. The van der Waals surface area contributed by atoms with E-state index in [-0.39, 0.29) is 11.6 Å². The predicted molar refractivity (Wildman–Crippen MR) is 55.6 cm³/mol. The van der Waals surface area contributed by atoms with Crippen LogP contribution in [0.5, 0.6) is 0 Å². The lowest BCUT2D eigenvalue weighted by molar-refractivity contribution is -0.385. The molecule has 2 atom stereocenters. The Balaban J connectivity index is 3.03. The third kappa shape index (κ3) is 2.73. The molecular formula is C10H14N2O3. The first-order chi connectivity index (χ1) is 7.06. The van der Waals surface area contributed by atoms with Crippen LogP contribution in [0.3, 0.4) is 0 Å². The summed E-state index contributed by atoms with van der Waals surface area (Å²) in [6.07, 6.45) is 1.55. The molecule has 1 aromatic heterocycles. The molecule has 0 amide bonds. The SMILES string of the molecule is CCC(c1cc([N+](=O)[O-])ccn1)C(C)O. The molecule has 1 heterocycles. The molecule has 0 saturated carbocycles. The van der Waals surface area contributed by atoms with Crippen LogP contribution in [0.1, 0.15) is 31.9 Å². The molecule has 0 spiro atoms. The summed E-state index contributed by atoms with van der Waals surface area (Å²) in [6.45, 7) is 3.58. The van der Waals surface area contributed by atoms with Crippen LogP contribution >= 0.6 is 0 Å². The second-order valence-corrected chi connectivity index (χ2v) is 3.45. The lowest BCUT2D eigenvalue weighted by Crippen LogP contribution is -2.15. The highest BCUT2D eigenvalue weighted by molar-refractivity contribution is 5.31. The fraction of sp³-hybridized carbons (Fsp3) is 0.500. The van der Waals surface area contributed by atoms with Crippen molar-refractivity contribution in [1.82, 2.24) is 4.98 Å². The summed E-state index contributed by atoms with van der Waals surface area (Å²) in [7, 11) is 0. The van der Waals surface area contributed by atoms with Gasteiger partial charge in [0.15, 0.2) is 0 Å². The standard InChI is InChI=1S/C10H14N2O3/c1-3-9(7(2)13)10-6-8(12(14)15)4-5-11-10/h4-7,9,13H,3H2,1-2H3. The van der Waals surface area contributed by atoms with Crippen LogP contribution < -0.4 is 0 Å². The minimum Gasteiger partial charge on any atom is -0.393 e. The zero-order valence-corrected chi connectivity index (χ0v) is 8.75. The molecule has 0 bridgehead atoms. The van der Waals surface area contributed by atoms with Gasteiger partial charge in [0.1, 0.15) is 0 Å².